The number of nitrogens with one attached hydrogen (secondary N) is 1. The molecule has 0 radical (unpaired) electrons. The van der Waals surface area contributed by atoms with Crippen molar-refractivity contribution in [3.05, 3.63) is 35.9 Å². The Bertz CT molecular complexity index is 317. The maximum atomic E-state index is 12.5. The van der Waals surface area contributed by atoms with Crippen molar-refractivity contribution >= 4 is 0 Å². The fourth-order valence-corrected chi connectivity index (χ4v) is 1.22. The minimum Gasteiger partial charge on any atom is -0.312 e. The molecule has 0 aliphatic rings. The lowest BCUT2D eigenvalue weighted by Crippen LogP contribution is -2.41. The van der Waals surface area contributed by atoms with E-state index in [1.54, 1.807) is 0 Å². The molecule has 0 aliphatic heterocycles. The summed E-state index contributed by atoms with van der Waals surface area (Å²) in [6.45, 7) is 2.78. The molecule has 0 saturated heterocycles. The smallest absolute Gasteiger partial charge is 0.312 e. The number of alkyl halides is 3. The summed E-state index contributed by atoms with van der Waals surface area (Å²) in [4.78, 5) is 0. The Morgan fingerprint density at radius 1 is 1.06 bits per heavy atom. The van der Waals surface area contributed by atoms with Crippen LogP contribution < -0.4 is 5.32 Å². The lowest BCUT2D eigenvalue weighted by Gasteiger charge is -2.27. The highest BCUT2D eigenvalue weighted by atomic mass is 19.4. The van der Waals surface area contributed by atoms with E-state index in [0.29, 0.717) is 6.54 Å². The monoisotopic (exact) mass is 231 g/mol. The maximum Gasteiger partial charge on any atom is 0.395 e. The van der Waals surface area contributed by atoms with Crippen molar-refractivity contribution in [3.8, 4) is 0 Å². The Morgan fingerprint density at radius 2 is 1.62 bits per heavy atom. The van der Waals surface area contributed by atoms with Gasteiger partial charge in [-0.3, -0.25) is 0 Å². The van der Waals surface area contributed by atoms with Crippen LogP contribution in [0, 0.1) is 5.41 Å². The molecule has 0 atom stereocenters. The Kier molecular flexibility index (Phi) is 3.97. The lowest BCUT2D eigenvalue weighted by atomic mass is 9.93. The van der Waals surface area contributed by atoms with E-state index in [1.165, 1.54) is 13.8 Å². The molecule has 90 valence electrons. The van der Waals surface area contributed by atoms with Gasteiger partial charge in [0.2, 0.25) is 0 Å². The highest BCUT2D eigenvalue weighted by molar-refractivity contribution is 5.14. The topological polar surface area (TPSA) is 12.0 Å². The quantitative estimate of drug-likeness (QED) is 0.837. The molecule has 1 nitrogen and oxygen atoms in total. The van der Waals surface area contributed by atoms with Crippen molar-refractivity contribution in [1.82, 2.24) is 5.32 Å². The van der Waals surface area contributed by atoms with Crippen LogP contribution in [0.1, 0.15) is 19.4 Å². The molecule has 0 bridgehead atoms. The number of benzene rings is 1. The first kappa shape index (κ1) is 13.0. The van der Waals surface area contributed by atoms with E-state index < -0.39 is 11.6 Å². The number of rotatable bonds is 4. The highest BCUT2D eigenvalue weighted by Crippen LogP contribution is 2.36. The largest absolute Gasteiger partial charge is 0.395 e. The van der Waals surface area contributed by atoms with Gasteiger partial charge >= 0.3 is 6.18 Å². The average molecular weight is 231 g/mol. The van der Waals surface area contributed by atoms with Crippen LogP contribution in [-0.2, 0) is 6.54 Å². The summed E-state index contributed by atoms with van der Waals surface area (Å²) in [5.41, 5.74) is -0.706. The van der Waals surface area contributed by atoms with Gasteiger partial charge in [0.05, 0.1) is 5.41 Å². The molecule has 0 aliphatic carbocycles. The molecule has 1 rings (SSSR count). The molecule has 0 aromatic heterocycles. The van der Waals surface area contributed by atoms with Crippen LogP contribution in [0.5, 0.6) is 0 Å². The Labute approximate surface area is 93.7 Å². The van der Waals surface area contributed by atoms with Crippen molar-refractivity contribution in [1.29, 1.82) is 0 Å². The zero-order valence-electron chi connectivity index (χ0n) is 9.43. The van der Waals surface area contributed by atoms with Crippen molar-refractivity contribution in [2.75, 3.05) is 6.54 Å². The molecular weight excluding hydrogens is 215 g/mol. The number of hydrogen-bond donors (Lipinski definition) is 1. The minimum absolute atomic E-state index is 0.0780. The molecule has 0 amide bonds. The molecule has 16 heavy (non-hydrogen) atoms. The fourth-order valence-electron chi connectivity index (χ4n) is 1.22. The first-order valence-electron chi connectivity index (χ1n) is 5.14. The Hall–Kier alpha value is -1.03. The standard InChI is InChI=1S/C12H16F3N/c1-11(2,12(13,14)15)9-16-8-10-6-4-3-5-7-10/h3-7,16H,8-9H2,1-2H3. The lowest BCUT2D eigenvalue weighted by molar-refractivity contribution is -0.209. The van der Waals surface area contributed by atoms with Crippen LogP contribution in [0.15, 0.2) is 30.3 Å². The van der Waals surface area contributed by atoms with Crippen LogP contribution in [0.3, 0.4) is 0 Å². The summed E-state index contributed by atoms with van der Waals surface area (Å²) >= 11 is 0. The summed E-state index contributed by atoms with van der Waals surface area (Å²) in [5.74, 6) is 0. The maximum absolute atomic E-state index is 12.5. The van der Waals surface area contributed by atoms with Gasteiger partial charge in [0.1, 0.15) is 0 Å². The van der Waals surface area contributed by atoms with Gasteiger partial charge < -0.3 is 5.32 Å². The van der Waals surface area contributed by atoms with E-state index in [9.17, 15) is 13.2 Å². The van der Waals surface area contributed by atoms with E-state index in [0.717, 1.165) is 5.56 Å². The SMILES string of the molecule is CC(C)(CNCc1ccccc1)C(F)(F)F. The summed E-state index contributed by atoms with van der Waals surface area (Å²) in [6, 6.07) is 9.38. The molecule has 1 N–H and O–H groups in total. The third kappa shape index (κ3) is 3.52. The molecule has 0 fully saturated rings. The van der Waals surface area contributed by atoms with Gasteiger partial charge in [-0.25, -0.2) is 0 Å². The van der Waals surface area contributed by atoms with Gasteiger partial charge in [-0.1, -0.05) is 30.3 Å². The Morgan fingerprint density at radius 3 is 2.12 bits per heavy atom. The van der Waals surface area contributed by atoms with Crippen LogP contribution in [-0.4, -0.2) is 12.7 Å². The predicted molar refractivity (Wildman–Crippen MR) is 58.0 cm³/mol. The fraction of sp³-hybridized carbons (Fsp3) is 0.500. The summed E-state index contributed by atoms with van der Waals surface area (Å²) in [6.07, 6.45) is -4.17. The van der Waals surface area contributed by atoms with Gasteiger partial charge in [-0.05, 0) is 19.4 Å². The minimum atomic E-state index is -4.17. The van der Waals surface area contributed by atoms with E-state index >= 15 is 0 Å². The normalized spacial score (nSPS) is 12.8. The van der Waals surface area contributed by atoms with Crippen molar-refractivity contribution in [2.24, 2.45) is 5.41 Å². The second-order valence-electron chi connectivity index (χ2n) is 4.47. The summed E-state index contributed by atoms with van der Waals surface area (Å²) < 4.78 is 37.6. The average Bonchev–Trinajstić information content (AvgIpc) is 2.17. The molecule has 0 heterocycles. The van der Waals surface area contributed by atoms with Crippen LogP contribution in [0.2, 0.25) is 0 Å². The molecule has 1 aromatic rings. The van der Waals surface area contributed by atoms with E-state index in [1.807, 2.05) is 30.3 Å². The molecule has 4 heteroatoms. The number of halogens is 3. The second-order valence-corrected chi connectivity index (χ2v) is 4.47. The van der Waals surface area contributed by atoms with Crippen molar-refractivity contribution < 1.29 is 13.2 Å². The first-order chi connectivity index (χ1) is 7.33. The first-order valence-corrected chi connectivity index (χ1v) is 5.14. The van der Waals surface area contributed by atoms with Gasteiger partial charge in [-0.2, -0.15) is 13.2 Å². The summed E-state index contributed by atoms with van der Waals surface area (Å²) in [7, 11) is 0. The Balaban J connectivity index is 2.42. The van der Waals surface area contributed by atoms with Gasteiger partial charge in [0, 0.05) is 13.1 Å². The number of hydrogen-bond acceptors (Lipinski definition) is 1. The summed E-state index contributed by atoms with van der Waals surface area (Å²) in [5, 5.41) is 2.83. The molecule has 0 unspecified atom stereocenters. The predicted octanol–water partition coefficient (Wildman–Crippen LogP) is 3.36. The third-order valence-electron chi connectivity index (χ3n) is 2.51. The molecular formula is C12H16F3N. The van der Waals surface area contributed by atoms with Gasteiger partial charge in [0.25, 0.3) is 0 Å². The van der Waals surface area contributed by atoms with Gasteiger partial charge in [0.15, 0.2) is 0 Å². The van der Waals surface area contributed by atoms with Crippen molar-refractivity contribution in [3.63, 3.8) is 0 Å². The van der Waals surface area contributed by atoms with E-state index in [-0.39, 0.29) is 6.54 Å². The van der Waals surface area contributed by atoms with Gasteiger partial charge in [-0.15, -0.1) is 0 Å². The van der Waals surface area contributed by atoms with E-state index in [2.05, 4.69) is 5.32 Å². The molecule has 0 spiro atoms. The van der Waals surface area contributed by atoms with Crippen LogP contribution >= 0.6 is 0 Å². The highest BCUT2D eigenvalue weighted by Gasteiger charge is 2.46. The van der Waals surface area contributed by atoms with E-state index in [4.69, 9.17) is 0 Å². The van der Waals surface area contributed by atoms with Crippen LogP contribution in [0.4, 0.5) is 13.2 Å². The zero-order chi connectivity index (χ0) is 12.2. The van der Waals surface area contributed by atoms with Crippen LogP contribution in [0.25, 0.3) is 0 Å². The second kappa shape index (κ2) is 4.87. The molecule has 1 aromatic carbocycles. The third-order valence-corrected chi connectivity index (χ3v) is 2.51. The van der Waals surface area contributed by atoms with Crippen molar-refractivity contribution in [2.45, 2.75) is 26.6 Å². The molecule has 0 saturated carbocycles. The zero-order valence-corrected chi connectivity index (χ0v) is 9.43.